The third-order valence-electron chi connectivity index (χ3n) is 3.48. The molecule has 7 nitrogen and oxygen atoms in total. The van der Waals surface area contributed by atoms with Gasteiger partial charge in [-0.1, -0.05) is 6.07 Å². The number of pyridine rings is 1. The SMILES string of the molecule is COC(CO)C(O)[C@@H](C)OCCC(=O)NCCc1ccccn1. The first kappa shape index (κ1) is 19.5. The maximum Gasteiger partial charge on any atom is 0.222 e. The molecule has 0 saturated carbocycles. The zero-order valence-corrected chi connectivity index (χ0v) is 13.6. The number of carbonyl (C=O) groups is 1. The number of aliphatic hydroxyl groups is 2. The van der Waals surface area contributed by atoms with Crippen molar-refractivity contribution in [2.75, 3.05) is 26.9 Å². The Hall–Kier alpha value is -1.54. The van der Waals surface area contributed by atoms with Crippen LogP contribution in [0.4, 0.5) is 0 Å². The fourth-order valence-electron chi connectivity index (χ4n) is 2.02. The molecule has 1 amide bonds. The second-order valence-corrected chi connectivity index (χ2v) is 5.19. The molecule has 0 saturated heterocycles. The third-order valence-corrected chi connectivity index (χ3v) is 3.48. The number of hydrogen-bond acceptors (Lipinski definition) is 6. The van der Waals surface area contributed by atoms with E-state index in [9.17, 15) is 9.90 Å². The van der Waals surface area contributed by atoms with Gasteiger partial charge in [0.2, 0.25) is 5.91 Å². The molecule has 0 aromatic carbocycles. The standard InChI is InChI=1S/C16H26N2O5/c1-12(16(21)14(11-19)22-2)23-10-7-15(20)18-9-6-13-5-3-4-8-17-13/h3-5,8,12,14,16,19,21H,6-7,9-11H2,1-2H3,(H,18,20)/t12-,14?,16?/m1/s1. The van der Waals surface area contributed by atoms with Gasteiger partial charge in [-0.25, -0.2) is 0 Å². The largest absolute Gasteiger partial charge is 0.394 e. The smallest absolute Gasteiger partial charge is 0.222 e. The molecule has 3 atom stereocenters. The van der Waals surface area contributed by atoms with Gasteiger partial charge < -0.3 is 25.0 Å². The van der Waals surface area contributed by atoms with Crippen molar-refractivity contribution in [2.24, 2.45) is 0 Å². The Morgan fingerprint density at radius 2 is 2.22 bits per heavy atom. The number of aromatic nitrogens is 1. The number of ether oxygens (including phenoxy) is 2. The fourth-order valence-corrected chi connectivity index (χ4v) is 2.02. The van der Waals surface area contributed by atoms with Gasteiger partial charge in [-0.2, -0.15) is 0 Å². The highest BCUT2D eigenvalue weighted by atomic mass is 16.5. The first-order valence-corrected chi connectivity index (χ1v) is 7.68. The lowest BCUT2D eigenvalue weighted by Gasteiger charge is -2.25. The molecular weight excluding hydrogens is 300 g/mol. The minimum absolute atomic E-state index is 0.118. The maximum absolute atomic E-state index is 11.7. The van der Waals surface area contributed by atoms with Crippen LogP contribution in [-0.4, -0.2) is 66.3 Å². The molecular formula is C16H26N2O5. The second-order valence-electron chi connectivity index (χ2n) is 5.19. The molecule has 0 spiro atoms. The molecule has 0 bridgehead atoms. The minimum Gasteiger partial charge on any atom is -0.394 e. The van der Waals surface area contributed by atoms with Gasteiger partial charge in [0.1, 0.15) is 12.2 Å². The van der Waals surface area contributed by atoms with Gasteiger partial charge >= 0.3 is 0 Å². The van der Waals surface area contributed by atoms with Crippen molar-refractivity contribution in [3.05, 3.63) is 30.1 Å². The fraction of sp³-hybridized carbons (Fsp3) is 0.625. The number of methoxy groups -OCH3 is 1. The van der Waals surface area contributed by atoms with E-state index in [2.05, 4.69) is 10.3 Å². The zero-order valence-electron chi connectivity index (χ0n) is 13.6. The first-order chi connectivity index (χ1) is 11.1. The molecule has 0 aliphatic rings. The van der Waals surface area contributed by atoms with Crippen LogP contribution in [-0.2, 0) is 20.7 Å². The number of nitrogens with zero attached hydrogens (tertiary/aromatic N) is 1. The highest BCUT2D eigenvalue weighted by Crippen LogP contribution is 2.07. The van der Waals surface area contributed by atoms with E-state index < -0.39 is 18.3 Å². The number of hydrogen-bond donors (Lipinski definition) is 3. The summed E-state index contributed by atoms with van der Waals surface area (Å²) >= 11 is 0. The van der Waals surface area contributed by atoms with E-state index in [1.54, 1.807) is 13.1 Å². The number of nitrogens with one attached hydrogen (secondary N) is 1. The Kier molecular flexibility index (Phi) is 9.39. The summed E-state index contributed by atoms with van der Waals surface area (Å²) in [6, 6.07) is 5.66. The number of carbonyl (C=O) groups excluding carboxylic acids is 1. The number of rotatable bonds is 11. The summed E-state index contributed by atoms with van der Waals surface area (Å²) < 4.78 is 10.3. The summed E-state index contributed by atoms with van der Waals surface area (Å²) in [6.45, 7) is 2.09. The summed E-state index contributed by atoms with van der Waals surface area (Å²) in [5.74, 6) is -0.118. The van der Waals surface area contributed by atoms with Gasteiger partial charge in [0, 0.05) is 38.4 Å². The summed E-state index contributed by atoms with van der Waals surface area (Å²) in [4.78, 5) is 15.9. The maximum atomic E-state index is 11.7. The van der Waals surface area contributed by atoms with Crippen molar-refractivity contribution < 1.29 is 24.5 Å². The van der Waals surface area contributed by atoms with E-state index in [1.807, 2.05) is 18.2 Å². The summed E-state index contributed by atoms with van der Waals surface area (Å²) in [7, 11) is 1.41. The monoisotopic (exact) mass is 326 g/mol. The van der Waals surface area contributed by atoms with E-state index in [0.29, 0.717) is 13.0 Å². The van der Waals surface area contributed by atoms with Crippen LogP contribution in [0.1, 0.15) is 19.0 Å². The Labute approximate surface area is 136 Å². The topological polar surface area (TPSA) is 101 Å². The van der Waals surface area contributed by atoms with Crippen molar-refractivity contribution in [3.8, 4) is 0 Å². The first-order valence-electron chi connectivity index (χ1n) is 7.68. The molecule has 1 heterocycles. The van der Waals surface area contributed by atoms with E-state index in [4.69, 9.17) is 14.6 Å². The molecule has 3 N–H and O–H groups in total. The zero-order chi connectivity index (χ0) is 17.1. The van der Waals surface area contributed by atoms with Crippen molar-refractivity contribution in [1.82, 2.24) is 10.3 Å². The Morgan fingerprint density at radius 3 is 2.83 bits per heavy atom. The van der Waals surface area contributed by atoms with Gasteiger partial charge in [-0.15, -0.1) is 0 Å². The number of amides is 1. The highest BCUT2D eigenvalue weighted by molar-refractivity contribution is 5.75. The van der Waals surface area contributed by atoms with Gasteiger partial charge in [0.15, 0.2) is 0 Å². The van der Waals surface area contributed by atoms with E-state index in [1.165, 1.54) is 7.11 Å². The molecule has 0 aliphatic heterocycles. The van der Waals surface area contributed by atoms with E-state index in [-0.39, 0.29) is 25.5 Å². The molecule has 1 aromatic heterocycles. The molecule has 23 heavy (non-hydrogen) atoms. The van der Waals surface area contributed by atoms with Crippen LogP contribution in [0.2, 0.25) is 0 Å². The normalized spacial score (nSPS) is 15.0. The molecule has 130 valence electrons. The highest BCUT2D eigenvalue weighted by Gasteiger charge is 2.24. The van der Waals surface area contributed by atoms with Gasteiger partial charge in [-0.3, -0.25) is 9.78 Å². The molecule has 0 fully saturated rings. The summed E-state index contributed by atoms with van der Waals surface area (Å²) in [5.41, 5.74) is 0.926. The Morgan fingerprint density at radius 1 is 1.43 bits per heavy atom. The lowest BCUT2D eigenvalue weighted by Crippen LogP contribution is -2.41. The quantitative estimate of drug-likeness (QED) is 0.525. The van der Waals surface area contributed by atoms with Crippen LogP contribution in [0.3, 0.4) is 0 Å². The average Bonchev–Trinajstić information content (AvgIpc) is 2.56. The molecule has 2 unspecified atom stereocenters. The Bertz CT molecular complexity index is 439. The predicted octanol–water partition coefficient (Wildman–Crippen LogP) is -0.0963. The molecule has 0 aliphatic carbocycles. The van der Waals surface area contributed by atoms with Crippen LogP contribution in [0.15, 0.2) is 24.4 Å². The van der Waals surface area contributed by atoms with Crippen LogP contribution >= 0.6 is 0 Å². The number of aliphatic hydroxyl groups excluding tert-OH is 2. The predicted molar refractivity (Wildman–Crippen MR) is 84.9 cm³/mol. The second kappa shape index (κ2) is 11.1. The van der Waals surface area contributed by atoms with Crippen LogP contribution in [0.5, 0.6) is 0 Å². The van der Waals surface area contributed by atoms with Gasteiger partial charge in [-0.05, 0) is 19.1 Å². The van der Waals surface area contributed by atoms with Crippen molar-refractivity contribution in [1.29, 1.82) is 0 Å². The minimum atomic E-state index is -0.947. The van der Waals surface area contributed by atoms with E-state index in [0.717, 1.165) is 5.69 Å². The third kappa shape index (κ3) is 7.51. The van der Waals surface area contributed by atoms with Crippen molar-refractivity contribution >= 4 is 5.91 Å². The van der Waals surface area contributed by atoms with Crippen LogP contribution in [0.25, 0.3) is 0 Å². The Balaban J connectivity index is 2.16. The van der Waals surface area contributed by atoms with Crippen LogP contribution < -0.4 is 5.32 Å². The lowest BCUT2D eigenvalue weighted by atomic mass is 10.1. The summed E-state index contributed by atoms with van der Waals surface area (Å²) in [5, 5.41) is 21.7. The summed E-state index contributed by atoms with van der Waals surface area (Å²) in [6.07, 6.45) is 0.421. The van der Waals surface area contributed by atoms with Gasteiger partial charge in [0.25, 0.3) is 0 Å². The average molecular weight is 326 g/mol. The lowest BCUT2D eigenvalue weighted by molar-refractivity contribution is -0.126. The molecule has 0 radical (unpaired) electrons. The van der Waals surface area contributed by atoms with E-state index >= 15 is 0 Å². The van der Waals surface area contributed by atoms with Crippen LogP contribution in [0, 0.1) is 0 Å². The molecule has 7 heteroatoms. The molecule has 1 aromatic rings. The molecule has 1 rings (SSSR count). The van der Waals surface area contributed by atoms with Crippen molar-refractivity contribution in [3.63, 3.8) is 0 Å². The van der Waals surface area contributed by atoms with Gasteiger partial charge in [0.05, 0.1) is 19.3 Å². The van der Waals surface area contributed by atoms with Crippen molar-refractivity contribution in [2.45, 2.75) is 38.1 Å².